The standard InChI is InChI=1S/C12H16N4O3S/c1-8-3-4-9(2)12(11(8)13)20(17,18)15-6-5-10-14-7-19-16-10/h3-4,7,15H,5-6,13H2,1-2H3. The minimum absolute atomic E-state index is 0.130. The summed E-state index contributed by atoms with van der Waals surface area (Å²) < 4.78 is 31.7. The summed E-state index contributed by atoms with van der Waals surface area (Å²) in [6, 6.07) is 3.53. The van der Waals surface area contributed by atoms with Crippen molar-refractivity contribution in [2.45, 2.75) is 25.2 Å². The zero-order chi connectivity index (χ0) is 14.8. The quantitative estimate of drug-likeness (QED) is 0.789. The van der Waals surface area contributed by atoms with Crippen LogP contribution in [0.1, 0.15) is 17.0 Å². The Hall–Kier alpha value is -1.93. The smallest absolute Gasteiger partial charge is 0.242 e. The van der Waals surface area contributed by atoms with E-state index >= 15 is 0 Å². The predicted octanol–water partition coefficient (Wildman–Crippen LogP) is 0.790. The van der Waals surface area contributed by atoms with Crippen molar-refractivity contribution in [3.63, 3.8) is 0 Å². The summed E-state index contributed by atoms with van der Waals surface area (Å²) in [4.78, 5) is 3.95. The fraction of sp³-hybridized carbons (Fsp3) is 0.333. The van der Waals surface area contributed by atoms with Gasteiger partial charge in [-0.05, 0) is 25.0 Å². The van der Waals surface area contributed by atoms with E-state index in [2.05, 4.69) is 19.4 Å². The number of sulfonamides is 1. The highest BCUT2D eigenvalue weighted by molar-refractivity contribution is 7.89. The SMILES string of the molecule is Cc1ccc(C)c(S(=O)(=O)NCCc2ncon2)c1N. The lowest BCUT2D eigenvalue weighted by atomic mass is 10.1. The van der Waals surface area contributed by atoms with Crippen molar-refractivity contribution < 1.29 is 12.9 Å². The van der Waals surface area contributed by atoms with Crippen LogP contribution in [0.4, 0.5) is 5.69 Å². The fourth-order valence-corrected chi connectivity index (χ4v) is 3.29. The molecule has 1 aromatic carbocycles. The molecule has 0 saturated heterocycles. The van der Waals surface area contributed by atoms with Gasteiger partial charge in [-0.3, -0.25) is 0 Å². The van der Waals surface area contributed by atoms with E-state index in [1.165, 1.54) is 6.39 Å². The maximum Gasteiger partial charge on any atom is 0.242 e. The minimum Gasteiger partial charge on any atom is -0.397 e. The van der Waals surface area contributed by atoms with Crippen molar-refractivity contribution in [2.24, 2.45) is 0 Å². The molecule has 1 heterocycles. The molecule has 108 valence electrons. The Bertz CT molecular complexity index is 696. The van der Waals surface area contributed by atoms with Crippen molar-refractivity contribution in [1.29, 1.82) is 0 Å². The lowest BCUT2D eigenvalue weighted by Crippen LogP contribution is -2.27. The summed E-state index contributed by atoms with van der Waals surface area (Å²) in [6.07, 6.45) is 1.55. The second kappa shape index (κ2) is 5.59. The van der Waals surface area contributed by atoms with Crippen LogP contribution in [0.2, 0.25) is 0 Å². The number of nitrogens with two attached hydrogens (primary N) is 1. The van der Waals surface area contributed by atoms with Gasteiger partial charge in [0.2, 0.25) is 16.4 Å². The van der Waals surface area contributed by atoms with Crippen LogP contribution in [0, 0.1) is 13.8 Å². The van der Waals surface area contributed by atoms with Crippen molar-refractivity contribution >= 4 is 15.7 Å². The molecule has 0 amide bonds. The van der Waals surface area contributed by atoms with E-state index in [1.54, 1.807) is 26.0 Å². The molecule has 2 aromatic rings. The lowest BCUT2D eigenvalue weighted by Gasteiger charge is -2.13. The first-order valence-electron chi connectivity index (χ1n) is 6.02. The third-order valence-electron chi connectivity index (χ3n) is 2.93. The first kappa shape index (κ1) is 14.5. The Morgan fingerprint density at radius 1 is 1.30 bits per heavy atom. The summed E-state index contributed by atoms with van der Waals surface area (Å²) in [5, 5.41) is 3.61. The second-order valence-corrected chi connectivity index (χ2v) is 6.14. The van der Waals surface area contributed by atoms with Crippen molar-refractivity contribution in [3.05, 3.63) is 35.5 Å². The normalized spacial score (nSPS) is 11.7. The van der Waals surface area contributed by atoms with Gasteiger partial charge >= 0.3 is 0 Å². The highest BCUT2D eigenvalue weighted by Crippen LogP contribution is 2.25. The maximum atomic E-state index is 12.3. The molecule has 0 fully saturated rings. The lowest BCUT2D eigenvalue weighted by molar-refractivity contribution is 0.410. The number of benzene rings is 1. The Morgan fingerprint density at radius 3 is 2.65 bits per heavy atom. The monoisotopic (exact) mass is 296 g/mol. The van der Waals surface area contributed by atoms with Crippen LogP contribution in [0.3, 0.4) is 0 Å². The molecule has 0 radical (unpaired) electrons. The molecule has 7 nitrogen and oxygen atoms in total. The van der Waals surface area contributed by atoms with Crippen molar-refractivity contribution in [2.75, 3.05) is 12.3 Å². The molecular weight excluding hydrogens is 280 g/mol. The highest BCUT2D eigenvalue weighted by atomic mass is 32.2. The van der Waals surface area contributed by atoms with E-state index in [-0.39, 0.29) is 17.1 Å². The molecule has 3 N–H and O–H groups in total. The Labute approximate surface area is 117 Å². The number of rotatable bonds is 5. The van der Waals surface area contributed by atoms with E-state index in [0.29, 0.717) is 17.8 Å². The van der Waals surface area contributed by atoms with Crippen LogP contribution < -0.4 is 10.5 Å². The van der Waals surface area contributed by atoms with Gasteiger partial charge in [-0.15, -0.1) is 0 Å². The van der Waals surface area contributed by atoms with Gasteiger partial charge in [0, 0.05) is 13.0 Å². The summed E-state index contributed by atoms with van der Waals surface area (Å²) in [5.41, 5.74) is 7.49. The number of anilines is 1. The average molecular weight is 296 g/mol. The fourth-order valence-electron chi connectivity index (χ4n) is 1.84. The number of nitrogen functional groups attached to an aromatic ring is 1. The van der Waals surface area contributed by atoms with Gasteiger partial charge < -0.3 is 10.3 Å². The topological polar surface area (TPSA) is 111 Å². The Kier molecular flexibility index (Phi) is 4.05. The molecule has 0 atom stereocenters. The molecule has 0 aliphatic carbocycles. The summed E-state index contributed by atoms with van der Waals surface area (Å²) in [7, 11) is -3.66. The molecule has 0 unspecified atom stereocenters. The highest BCUT2D eigenvalue weighted by Gasteiger charge is 2.20. The first-order chi connectivity index (χ1) is 9.42. The molecule has 2 rings (SSSR count). The summed E-state index contributed by atoms with van der Waals surface area (Å²) >= 11 is 0. The summed E-state index contributed by atoms with van der Waals surface area (Å²) in [5.74, 6) is 0.446. The molecule has 0 aliphatic rings. The molecule has 0 saturated carbocycles. The van der Waals surface area contributed by atoms with Gasteiger partial charge in [-0.1, -0.05) is 17.3 Å². The second-order valence-electron chi connectivity index (χ2n) is 4.44. The molecule has 0 bridgehead atoms. The van der Waals surface area contributed by atoms with Crippen LogP contribution in [-0.4, -0.2) is 25.1 Å². The van der Waals surface area contributed by atoms with Gasteiger partial charge in [-0.25, -0.2) is 13.1 Å². The number of aryl methyl sites for hydroxylation is 2. The molecule has 1 aromatic heterocycles. The Morgan fingerprint density at radius 2 is 2.00 bits per heavy atom. The van der Waals surface area contributed by atoms with Gasteiger partial charge in [0.15, 0.2) is 5.82 Å². The maximum absolute atomic E-state index is 12.3. The molecule has 0 aliphatic heterocycles. The number of hydrogen-bond acceptors (Lipinski definition) is 6. The van der Waals surface area contributed by atoms with Gasteiger partial charge in [0.05, 0.1) is 5.69 Å². The number of nitrogens with zero attached hydrogens (tertiary/aromatic N) is 2. The van der Waals surface area contributed by atoms with Crippen LogP contribution in [0.25, 0.3) is 0 Å². The van der Waals surface area contributed by atoms with Crippen molar-refractivity contribution in [3.8, 4) is 0 Å². The zero-order valence-corrected chi connectivity index (χ0v) is 12.1. The van der Waals surface area contributed by atoms with E-state index in [9.17, 15) is 8.42 Å². The number of nitrogens with one attached hydrogen (secondary N) is 1. The van der Waals surface area contributed by atoms with E-state index in [4.69, 9.17) is 5.73 Å². The average Bonchev–Trinajstić information content (AvgIpc) is 2.87. The molecular formula is C12H16N4O3S. The van der Waals surface area contributed by atoms with Crippen LogP contribution in [0.15, 0.2) is 27.9 Å². The van der Waals surface area contributed by atoms with Crippen LogP contribution in [-0.2, 0) is 16.4 Å². The molecule has 0 spiro atoms. The molecule has 20 heavy (non-hydrogen) atoms. The predicted molar refractivity (Wildman–Crippen MR) is 73.5 cm³/mol. The van der Waals surface area contributed by atoms with Crippen LogP contribution in [0.5, 0.6) is 0 Å². The third kappa shape index (κ3) is 2.97. The van der Waals surface area contributed by atoms with E-state index in [1.807, 2.05) is 0 Å². The molecule has 8 heteroatoms. The summed E-state index contributed by atoms with van der Waals surface area (Å²) in [6.45, 7) is 3.66. The zero-order valence-electron chi connectivity index (χ0n) is 11.3. The largest absolute Gasteiger partial charge is 0.397 e. The third-order valence-corrected chi connectivity index (χ3v) is 4.59. The Balaban J connectivity index is 2.16. The minimum atomic E-state index is -3.66. The number of hydrogen-bond donors (Lipinski definition) is 2. The van der Waals surface area contributed by atoms with Gasteiger partial charge in [-0.2, -0.15) is 4.98 Å². The number of aromatic nitrogens is 2. The first-order valence-corrected chi connectivity index (χ1v) is 7.50. The van der Waals surface area contributed by atoms with E-state index < -0.39 is 10.0 Å². The van der Waals surface area contributed by atoms with Crippen molar-refractivity contribution in [1.82, 2.24) is 14.9 Å². The van der Waals surface area contributed by atoms with Gasteiger partial charge in [0.1, 0.15) is 4.90 Å². The van der Waals surface area contributed by atoms with Gasteiger partial charge in [0.25, 0.3) is 0 Å². The van der Waals surface area contributed by atoms with E-state index in [0.717, 1.165) is 5.56 Å². The van der Waals surface area contributed by atoms with Crippen LogP contribution >= 0.6 is 0 Å².